The van der Waals surface area contributed by atoms with Gasteiger partial charge in [-0.05, 0) is 12.3 Å². The zero-order valence-corrected chi connectivity index (χ0v) is 8.51. The van der Waals surface area contributed by atoms with Crippen molar-refractivity contribution in [3.8, 4) is 0 Å². The Morgan fingerprint density at radius 2 is 2.08 bits per heavy atom. The summed E-state index contributed by atoms with van der Waals surface area (Å²) in [6.45, 7) is 8.86. The van der Waals surface area contributed by atoms with Gasteiger partial charge in [-0.25, -0.2) is 0 Å². The van der Waals surface area contributed by atoms with Crippen molar-refractivity contribution >= 4 is 0 Å². The lowest BCUT2D eigenvalue weighted by Crippen LogP contribution is -2.02. The maximum absolute atomic E-state index is 5.11. The molecule has 0 spiro atoms. The van der Waals surface area contributed by atoms with E-state index < -0.39 is 0 Å². The molecule has 0 aliphatic heterocycles. The third kappa shape index (κ3) is 6.26. The molecule has 0 rings (SSSR count). The predicted octanol–water partition coefficient (Wildman–Crippen LogP) is 3.75. The zero-order chi connectivity index (χ0) is 9.23. The van der Waals surface area contributed by atoms with Crippen molar-refractivity contribution in [2.24, 2.45) is 5.92 Å². The second-order valence-electron chi connectivity index (χ2n) is 3.24. The van der Waals surface area contributed by atoms with Crippen molar-refractivity contribution in [1.82, 2.24) is 0 Å². The van der Waals surface area contributed by atoms with Crippen molar-refractivity contribution < 1.29 is 4.74 Å². The SMILES string of the molecule is C=COCCC(CC)CCCC. The maximum Gasteiger partial charge on any atom is 0.0875 e. The highest BCUT2D eigenvalue weighted by molar-refractivity contribution is 4.58. The molecule has 0 saturated carbocycles. The fourth-order valence-electron chi connectivity index (χ4n) is 1.36. The number of hydrogen-bond acceptors (Lipinski definition) is 1. The molecule has 0 bridgehead atoms. The standard InChI is InChI=1S/C11H22O/c1-4-7-8-11(5-2)9-10-12-6-3/h6,11H,3-5,7-10H2,1-2H3. The summed E-state index contributed by atoms with van der Waals surface area (Å²) < 4.78 is 5.11. The van der Waals surface area contributed by atoms with Crippen LogP contribution in [0.4, 0.5) is 0 Å². The van der Waals surface area contributed by atoms with E-state index in [0.717, 1.165) is 12.5 Å². The van der Waals surface area contributed by atoms with E-state index in [4.69, 9.17) is 4.74 Å². The lowest BCUT2D eigenvalue weighted by atomic mass is 9.96. The number of ether oxygens (including phenoxy) is 1. The fraction of sp³-hybridized carbons (Fsp3) is 0.818. The first-order chi connectivity index (χ1) is 5.85. The molecular formula is C11H22O. The van der Waals surface area contributed by atoms with E-state index in [2.05, 4.69) is 20.4 Å². The Balaban J connectivity index is 3.32. The van der Waals surface area contributed by atoms with Gasteiger partial charge in [0.25, 0.3) is 0 Å². The van der Waals surface area contributed by atoms with Gasteiger partial charge < -0.3 is 4.74 Å². The smallest absolute Gasteiger partial charge is 0.0875 e. The van der Waals surface area contributed by atoms with Gasteiger partial charge in [0, 0.05) is 0 Å². The van der Waals surface area contributed by atoms with Crippen LogP contribution in [-0.2, 0) is 4.74 Å². The molecule has 0 radical (unpaired) electrons. The lowest BCUT2D eigenvalue weighted by molar-refractivity contribution is 0.216. The molecule has 0 aromatic heterocycles. The summed E-state index contributed by atoms with van der Waals surface area (Å²) in [5.41, 5.74) is 0. The van der Waals surface area contributed by atoms with Crippen LogP contribution in [0.3, 0.4) is 0 Å². The van der Waals surface area contributed by atoms with Gasteiger partial charge >= 0.3 is 0 Å². The van der Waals surface area contributed by atoms with E-state index in [9.17, 15) is 0 Å². The Morgan fingerprint density at radius 3 is 2.58 bits per heavy atom. The molecule has 0 aromatic carbocycles. The molecule has 0 amide bonds. The monoisotopic (exact) mass is 170 g/mol. The summed E-state index contributed by atoms with van der Waals surface area (Å²) in [6, 6.07) is 0. The van der Waals surface area contributed by atoms with Crippen LogP contribution in [0.25, 0.3) is 0 Å². The van der Waals surface area contributed by atoms with E-state index in [1.54, 1.807) is 0 Å². The maximum atomic E-state index is 5.11. The first kappa shape index (κ1) is 11.5. The first-order valence-electron chi connectivity index (χ1n) is 5.07. The summed E-state index contributed by atoms with van der Waals surface area (Å²) >= 11 is 0. The predicted molar refractivity (Wildman–Crippen MR) is 54.1 cm³/mol. The fourth-order valence-corrected chi connectivity index (χ4v) is 1.36. The van der Waals surface area contributed by atoms with Gasteiger partial charge in [-0.15, -0.1) is 0 Å². The Kier molecular flexibility index (Phi) is 8.30. The van der Waals surface area contributed by atoms with Gasteiger partial charge in [0.05, 0.1) is 12.9 Å². The van der Waals surface area contributed by atoms with E-state index >= 15 is 0 Å². The van der Waals surface area contributed by atoms with Gasteiger partial charge in [-0.2, -0.15) is 0 Å². The van der Waals surface area contributed by atoms with Crippen LogP contribution in [0.2, 0.25) is 0 Å². The molecule has 72 valence electrons. The van der Waals surface area contributed by atoms with E-state index in [-0.39, 0.29) is 0 Å². The third-order valence-corrected chi connectivity index (χ3v) is 2.31. The Morgan fingerprint density at radius 1 is 1.33 bits per heavy atom. The van der Waals surface area contributed by atoms with Gasteiger partial charge in [0.1, 0.15) is 0 Å². The average molecular weight is 170 g/mol. The quantitative estimate of drug-likeness (QED) is 0.398. The average Bonchev–Trinajstić information content (AvgIpc) is 2.11. The molecular weight excluding hydrogens is 148 g/mol. The molecule has 0 aliphatic carbocycles. The number of unbranched alkanes of at least 4 members (excludes halogenated alkanes) is 1. The molecule has 1 unspecified atom stereocenters. The number of rotatable bonds is 8. The van der Waals surface area contributed by atoms with Crippen molar-refractivity contribution in [3.05, 3.63) is 12.8 Å². The summed E-state index contributed by atoms with van der Waals surface area (Å²) in [5, 5.41) is 0. The molecule has 0 aromatic rings. The van der Waals surface area contributed by atoms with Crippen molar-refractivity contribution in [2.45, 2.75) is 46.0 Å². The molecule has 0 N–H and O–H groups in total. The molecule has 0 heterocycles. The summed E-state index contributed by atoms with van der Waals surface area (Å²) in [5.74, 6) is 0.852. The molecule has 0 fully saturated rings. The van der Waals surface area contributed by atoms with Crippen molar-refractivity contribution in [2.75, 3.05) is 6.61 Å². The molecule has 1 atom stereocenters. The van der Waals surface area contributed by atoms with Crippen LogP contribution < -0.4 is 0 Å². The third-order valence-electron chi connectivity index (χ3n) is 2.31. The van der Waals surface area contributed by atoms with Gasteiger partial charge in [0.2, 0.25) is 0 Å². The molecule has 1 nitrogen and oxygen atoms in total. The van der Waals surface area contributed by atoms with Crippen LogP contribution in [0.1, 0.15) is 46.0 Å². The minimum atomic E-state index is 0.839. The first-order valence-corrected chi connectivity index (χ1v) is 5.07. The number of hydrogen-bond donors (Lipinski definition) is 0. The van der Waals surface area contributed by atoms with Crippen LogP contribution in [-0.4, -0.2) is 6.61 Å². The summed E-state index contributed by atoms with van der Waals surface area (Å²) in [7, 11) is 0. The van der Waals surface area contributed by atoms with Crippen LogP contribution >= 0.6 is 0 Å². The van der Waals surface area contributed by atoms with Gasteiger partial charge in [-0.3, -0.25) is 0 Å². The van der Waals surface area contributed by atoms with Gasteiger partial charge in [0.15, 0.2) is 0 Å². The van der Waals surface area contributed by atoms with Crippen LogP contribution in [0.15, 0.2) is 12.8 Å². The highest BCUT2D eigenvalue weighted by Gasteiger charge is 2.04. The second kappa shape index (κ2) is 8.63. The molecule has 1 heteroatoms. The topological polar surface area (TPSA) is 9.23 Å². The van der Waals surface area contributed by atoms with Crippen molar-refractivity contribution in [3.63, 3.8) is 0 Å². The minimum absolute atomic E-state index is 0.839. The molecule has 0 aliphatic rings. The van der Waals surface area contributed by atoms with Gasteiger partial charge in [-0.1, -0.05) is 46.1 Å². The van der Waals surface area contributed by atoms with E-state index in [1.807, 2.05) is 0 Å². The summed E-state index contributed by atoms with van der Waals surface area (Å²) in [4.78, 5) is 0. The summed E-state index contributed by atoms with van der Waals surface area (Å²) in [6.07, 6.45) is 8.01. The van der Waals surface area contributed by atoms with E-state index in [1.165, 1.54) is 38.4 Å². The Labute approximate surface area is 76.8 Å². The highest BCUT2D eigenvalue weighted by atomic mass is 16.5. The minimum Gasteiger partial charge on any atom is -0.502 e. The van der Waals surface area contributed by atoms with E-state index in [0.29, 0.717) is 0 Å². The lowest BCUT2D eigenvalue weighted by Gasteiger charge is -2.13. The largest absolute Gasteiger partial charge is 0.502 e. The molecule has 12 heavy (non-hydrogen) atoms. The second-order valence-corrected chi connectivity index (χ2v) is 3.24. The Hall–Kier alpha value is -0.460. The Bertz CT molecular complexity index is 99.2. The van der Waals surface area contributed by atoms with Crippen LogP contribution in [0, 0.1) is 5.92 Å². The van der Waals surface area contributed by atoms with Crippen molar-refractivity contribution in [1.29, 1.82) is 0 Å². The normalized spacial score (nSPS) is 12.5. The zero-order valence-electron chi connectivity index (χ0n) is 8.51. The molecule has 0 saturated heterocycles. The highest BCUT2D eigenvalue weighted by Crippen LogP contribution is 2.16. The van der Waals surface area contributed by atoms with Crippen LogP contribution in [0.5, 0.6) is 0 Å².